The second-order valence-corrected chi connectivity index (χ2v) is 5.84. The van der Waals surface area contributed by atoms with Gasteiger partial charge in [-0.25, -0.2) is 0 Å². The molecule has 0 aliphatic carbocycles. The summed E-state index contributed by atoms with van der Waals surface area (Å²) in [5, 5.41) is 8.96. The van der Waals surface area contributed by atoms with Crippen molar-refractivity contribution in [1.82, 2.24) is 9.80 Å². The van der Waals surface area contributed by atoms with Crippen molar-refractivity contribution in [2.75, 3.05) is 33.3 Å². The minimum absolute atomic E-state index is 0.0930. The molecule has 0 bridgehead atoms. The molecule has 2 saturated heterocycles. The lowest BCUT2D eigenvalue weighted by atomic mass is 9.97. The van der Waals surface area contributed by atoms with E-state index >= 15 is 0 Å². The molecular formula is C14H24N2O4. The molecule has 1 N–H and O–H groups in total. The summed E-state index contributed by atoms with van der Waals surface area (Å²) in [6.45, 7) is 4.29. The van der Waals surface area contributed by atoms with Crippen LogP contribution in [0.3, 0.4) is 0 Å². The van der Waals surface area contributed by atoms with E-state index in [1.807, 2.05) is 14.0 Å². The number of carboxylic acids is 1. The summed E-state index contributed by atoms with van der Waals surface area (Å²) < 4.78 is 5.52. The van der Waals surface area contributed by atoms with Crippen LogP contribution in [0, 0.1) is 5.92 Å². The molecule has 0 spiro atoms. The van der Waals surface area contributed by atoms with Crippen LogP contribution in [0.25, 0.3) is 0 Å². The number of likely N-dealkylation sites (tertiary alicyclic amines) is 1. The molecule has 2 aliphatic rings. The number of carboxylic acid groups (broad SMARTS) is 1. The zero-order valence-electron chi connectivity index (χ0n) is 12.2. The molecular weight excluding hydrogens is 260 g/mol. The number of rotatable bonds is 4. The zero-order chi connectivity index (χ0) is 14.7. The minimum Gasteiger partial charge on any atom is -0.481 e. The van der Waals surface area contributed by atoms with Crippen LogP contribution in [0.4, 0.5) is 0 Å². The molecule has 0 radical (unpaired) electrons. The van der Waals surface area contributed by atoms with Gasteiger partial charge in [-0.1, -0.05) is 0 Å². The molecule has 6 nitrogen and oxygen atoms in total. The van der Waals surface area contributed by atoms with Gasteiger partial charge >= 0.3 is 5.97 Å². The first-order valence-corrected chi connectivity index (χ1v) is 7.31. The molecule has 2 rings (SSSR count). The number of carbonyl (C=O) groups excluding carboxylic acids is 1. The van der Waals surface area contributed by atoms with Crippen LogP contribution in [-0.2, 0) is 14.3 Å². The normalized spacial score (nSPS) is 28.1. The standard InChI is InChI=1S/C14H24N2O4/c1-10-12(5-8-20-10)15(2)9-13(17)16-6-3-11(4-7-16)14(18)19/h10-12H,3-9H2,1-2H3,(H,18,19). The van der Waals surface area contributed by atoms with Crippen molar-refractivity contribution in [3.8, 4) is 0 Å². The van der Waals surface area contributed by atoms with E-state index in [-0.39, 0.29) is 17.9 Å². The monoisotopic (exact) mass is 284 g/mol. The smallest absolute Gasteiger partial charge is 0.306 e. The van der Waals surface area contributed by atoms with Gasteiger partial charge in [-0.3, -0.25) is 14.5 Å². The maximum Gasteiger partial charge on any atom is 0.306 e. The maximum atomic E-state index is 12.2. The Morgan fingerprint density at radius 2 is 1.95 bits per heavy atom. The molecule has 2 fully saturated rings. The van der Waals surface area contributed by atoms with E-state index in [0.717, 1.165) is 13.0 Å². The van der Waals surface area contributed by atoms with Crippen LogP contribution in [-0.4, -0.2) is 72.2 Å². The fourth-order valence-corrected chi connectivity index (χ4v) is 3.11. The lowest BCUT2D eigenvalue weighted by molar-refractivity contribution is -0.146. The first-order chi connectivity index (χ1) is 9.49. The van der Waals surface area contributed by atoms with Gasteiger partial charge in [-0.2, -0.15) is 0 Å². The first kappa shape index (κ1) is 15.3. The zero-order valence-corrected chi connectivity index (χ0v) is 12.2. The van der Waals surface area contributed by atoms with Gasteiger partial charge in [0.25, 0.3) is 0 Å². The summed E-state index contributed by atoms with van der Waals surface area (Å²) in [4.78, 5) is 27.0. The molecule has 20 heavy (non-hydrogen) atoms. The first-order valence-electron chi connectivity index (χ1n) is 7.31. The largest absolute Gasteiger partial charge is 0.481 e. The van der Waals surface area contributed by atoms with E-state index in [9.17, 15) is 9.59 Å². The van der Waals surface area contributed by atoms with E-state index in [1.54, 1.807) is 4.90 Å². The van der Waals surface area contributed by atoms with E-state index in [1.165, 1.54) is 0 Å². The predicted molar refractivity (Wildman–Crippen MR) is 73.4 cm³/mol. The average molecular weight is 284 g/mol. The quantitative estimate of drug-likeness (QED) is 0.810. The Labute approximate surface area is 119 Å². The number of hydrogen-bond acceptors (Lipinski definition) is 4. The van der Waals surface area contributed by atoms with Crippen LogP contribution < -0.4 is 0 Å². The van der Waals surface area contributed by atoms with E-state index < -0.39 is 5.97 Å². The molecule has 0 saturated carbocycles. The van der Waals surface area contributed by atoms with Gasteiger partial charge in [0.2, 0.25) is 5.91 Å². The van der Waals surface area contributed by atoms with Crippen LogP contribution in [0.15, 0.2) is 0 Å². The third kappa shape index (κ3) is 3.49. The second kappa shape index (κ2) is 6.54. The Hall–Kier alpha value is -1.14. The summed E-state index contributed by atoms with van der Waals surface area (Å²) in [5.74, 6) is -0.943. The summed E-state index contributed by atoms with van der Waals surface area (Å²) in [5.41, 5.74) is 0. The van der Waals surface area contributed by atoms with Gasteiger partial charge in [-0.15, -0.1) is 0 Å². The van der Waals surface area contributed by atoms with E-state index in [2.05, 4.69) is 4.90 Å². The molecule has 1 amide bonds. The Morgan fingerprint density at radius 1 is 1.30 bits per heavy atom. The molecule has 2 atom stereocenters. The fraction of sp³-hybridized carbons (Fsp3) is 0.857. The van der Waals surface area contributed by atoms with Crippen molar-refractivity contribution in [3.63, 3.8) is 0 Å². The van der Waals surface area contributed by atoms with Crippen molar-refractivity contribution in [2.45, 2.75) is 38.3 Å². The molecule has 114 valence electrons. The highest BCUT2D eigenvalue weighted by Crippen LogP contribution is 2.20. The third-order valence-corrected chi connectivity index (χ3v) is 4.48. The summed E-state index contributed by atoms with van der Waals surface area (Å²) in [6, 6.07) is 0.301. The number of nitrogens with zero attached hydrogens (tertiary/aromatic N) is 2. The number of likely N-dealkylation sites (N-methyl/N-ethyl adjacent to an activating group) is 1. The highest BCUT2D eigenvalue weighted by Gasteiger charge is 2.31. The summed E-state index contributed by atoms with van der Waals surface area (Å²) >= 11 is 0. The van der Waals surface area contributed by atoms with Crippen LogP contribution in [0.5, 0.6) is 0 Å². The Morgan fingerprint density at radius 3 is 2.45 bits per heavy atom. The van der Waals surface area contributed by atoms with Crippen molar-refractivity contribution in [2.24, 2.45) is 5.92 Å². The Balaban J connectivity index is 1.79. The molecule has 0 aromatic carbocycles. The van der Waals surface area contributed by atoms with Gasteiger partial charge in [0.1, 0.15) is 0 Å². The molecule has 2 heterocycles. The lowest BCUT2D eigenvalue weighted by Crippen LogP contribution is -2.47. The summed E-state index contributed by atoms with van der Waals surface area (Å²) in [7, 11) is 1.96. The molecule has 2 unspecified atom stereocenters. The predicted octanol–water partition coefficient (Wildman–Crippen LogP) is 0.419. The van der Waals surface area contributed by atoms with E-state index in [0.29, 0.717) is 38.5 Å². The van der Waals surface area contributed by atoms with Gasteiger partial charge in [0, 0.05) is 25.7 Å². The minimum atomic E-state index is -0.744. The Bertz CT molecular complexity index is 366. The van der Waals surface area contributed by atoms with Crippen molar-refractivity contribution in [1.29, 1.82) is 0 Å². The number of amides is 1. The fourth-order valence-electron chi connectivity index (χ4n) is 3.11. The number of hydrogen-bond donors (Lipinski definition) is 1. The highest BCUT2D eigenvalue weighted by molar-refractivity contribution is 5.79. The molecule has 6 heteroatoms. The SMILES string of the molecule is CC1OCCC1N(C)CC(=O)N1CCC(C(=O)O)CC1. The van der Waals surface area contributed by atoms with Gasteiger partial charge in [-0.05, 0) is 33.2 Å². The molecule has 0 aromatic heterocycles. The highest BCUT2D eigenvalue weighted by atomic mass is 16.5. The number of aliphatic carboxylic acids is 1. The third-order valence-electron chi connectivity index (χ3n) is 4.48. The molecule has 0 aromatic rings. The van der Waals surface area contributed by atoms with Gasteiger partial charge in [0.05, 0.1) is 18.6 Å². The van der Waals surface area contributed by atoms with Crippen LogP contribution in [0.2, 0.25) is 0 Å². The van der Waals surface area contributed by atoms with Crippen molar-refractivity contribution in [3.05, 3.63) is 0 Å². The topological polar surface area (TPSA) is 70.1 Å². The maximum absolute atomic E-state index is 12.2. The second-order valence-electron chi connectivity index (χ2n) is 5.84. The lowest BCUT2D eigenvalue weighted by Gasteiger charge is -2.33. The van der Waals surface area contributed by atoms with Gasteiger partial charge in [0.15, 0.2) is 0 Å². The summed E-state index contributed by atoms with van der Waals surface area (Å²) in [6.07, 6.45) is 2.26. The average Bonchev–Trinajstić information content (AvgIpc) is 2.85. The van der Waals surface area contributed by atoms with Crippen molar-refractivity contribution < 1.29 is 19.4 Å². The number of piperidine rings is 1. The number of carbonyl (C=O) groups is 2. The van der Waals surface area contributed by atoms with Crippen LogP contribution in [0.1, 0.15) is 26.2 Å². The van der Waals surface area contributed by atoms with Gasteiger partial charge < -0.3 is 14.7 Å². The molecule has 2 aliphatic heterocycles. The number of ether oxygens (including phenoxy) is 1. The van der Waals surface area contributed by atoms with Crippen molar-refractivity contribution >= 4 is 11.9 Å². The van der Waals surface area contributed by atoms with Crippen LogP contribution >= 0.6 is 0 Å². The Kier molecular flexibility index (Phi) is 4.99. The van der Waals surface area contributed by atoms with E-state index in [4.69, 9.17) is 9.84 Å².